The van der Waals surface area contributed by atoms with E-state index in [1.54, 1.807) is 17.9 Å². The lowest BCUT2D eigenvalue weighted by molar-refractivity contribution is -0.137. The Morgan fingerprint density at radius 2 is 1.79 bits per heavy atom. The van der Waals surface area contributed by atoms with E-state index in [0.717, 1.165) is 12.1 Å². The molecule has 0 bridgehead atoms. The van der Waals surface area contributed by atoms with Crippen molar-refractivity contribution in [3.63, 3.8) is 0 Å². The highest BCUT2D eigenvalue weighted by molar-refractivity contribution is 5.86. The highest BCUT2D eigenvalue weighted by Gasteiger charge is 2.31. The van der Waals surface area contributed by atoms with E-state index in [0.29, 0.717) is 31.9 Å². The minimum absolute atomic E-state index is 0.186. The van der Waals surface area contributed by atoms with Gasteiger partial charge in [0.15, 0.2) is 0 Å². The molecule has 1 aromatic rings. The fourth-order valence-corrected chi connectivity index (χ4v) is 2.70. The van der Waals surface area contributed by atoms with Crippen LogP contribution >= 0.6 is 0 Å². The molecular weight excluding hydrogens is 323 g/mol. The van der Waals surface area contributed by atoms with Crippen LogP contribution in [-0.4, -0.2) is 48.9 Å². The molecule has 1 aliphatic heterocycles. The van der Waals surface area contributed by atoms with E-state index in [1.807, 2.05) is 4.90 Å². The van der Waals surface area contributed by atoms with Crippen LogP contribution in [-0.2, 0) is 15.8 Å². The summed E-state index contributed by atoms with van der Waals surface area (Å²) in [6.45, 7) is 4.65. The molecule has 1 N–H and O–H groups in total. The minimum Gasteiger partial charge on any atom is -0.368 e. The maximum absolute atomic E-state index is 12.8. The number of nitrogens with one attached hydrogen (secondary N) is 1. The van der Waals surface area contributed by atoms with Crippen molar-refractivity contribution in [2.45, 2.75) is 26.1 Å². The van der Waals surface area contributed by atoms with Gasteiger partial charge in [-0.25, -0.2) is 0 Å². The molecule has 0 radical (unpaired) electrons. The number of piperazine rings is 1. The van der Waals surface area contributed by atoms with Gasteiger partial charge in [0.25, 0.3) is 0 Å². The molecule has 1 fully saturated rings. The monoisotopic (exact) mass is 343 g/mol. The molecule has 1 atom stereocenters. The zero-order valence-corrected chi connectivity index (χ0v) is 13.6. The fourth-order valence-electron chi connectivity index (χ4n) is 2.70. The Bertz CT molecular complexity index is 611. The van der Waals surface area contributed by atoms with Gasteiger partial charge in [-0.05, 0) is 25.1 Å². The molecule has 24 heavy (non-hydrogen) atoms. The summed E-state index contributed by atoms with van der Waals surface area (Å²) in [5.41, 5.74) is -0.190. The number of amides is 2. The van der Waals surface area contributed by atoms with Crippen molar-refractivity contribution in [1.29, 1.82) is 0 Å². The topological polar surface area (TPSA) is 52.7 Å². The quantitative estimate of drug-likeness (QED) is 0.912. The Balaban J connectivity index is 1.98. The third-order valence-electron chi connectivity index (χ3n) is 3.92. The highest BCUT2D eigenvalue weighted by atomic mass is 19.4. The van der Waals surface area contributed by atoms with E-state index >= 15 is 0 Å². The van der Waals surface area contributed by atoms with Crippen LogP contribution in [0.2, 0.25) is 0 Å². The van der Waals surface area contributed by atoms with Crippen molar-refractivity contribution in [3.05, 3.63) is 29.8 Å². The second-order valence-electron chi connectivity index (χ2n) is 5.78. The van der Waals surface area contributed by atoms with Gasteiger partial charge in [0.2, 0.25) is 11.8 Å². The molecule has 1 aliphatic rings. The standard InChI is InChI=1S/C16H20F3N3O2/c1-11(20-12(2)23)15(24)22-8-6-21(7-9-22)14-5-3-4-13(10-14)16(17,18)19/h3-5,10-11H,6-9H2,1-2H3,(H,20,23)/t11-/m1/s1. The summed E-state index contributed by atoms with van der Waals surface area (Å²) in [5, 5.41) is 2.54. The number of alkyl halides is 3. The fraction of sp³-hybridized carbons (Fsp3) is 0.500. The number of halogens is 3. The predicted octanol–water partition coefficient (Wildman–Crippen LogP) is 1.88. The maximum Gasteiger partial charge on any atom is 0.416 e. The normalized spacial score (nSPS) is 16.7. The van der Waals surface area contributed by atoms with E-state index < -0.39 is 17.8 Å². The van der Waals surface area contributed by atoms with Gasteiger partial charge in [0.1, 0.15) is 6.04 Å². The molecular formula is C16H20F3N3O2. The third kappa shape index (κ3) is 4.39. The molecule has 0 saturated carbocycles. The first-order valence-electron chi connectivity index (χ1n) is 7.66. The van der Waals surface area contributed by atoms with Crippen LogP contribution in [0.5, 0.6) is 0 Å². The summed E-state index contributed by atoms with van der Waals surface area (Å²) in [5.74, 6) is -0.465. The number of nitrogens with zero attached hydrogens (tertiary/aromatic N) is 2. The maximum atomic E-state index is 12.8. The molecule has 5 nitrogen and oxygen atoms in total. The van der Waals surface area contributed by atoms with Gasteiger partial charge in [0.05, 0.1) is 5.56 Å². The first-order chi connectivity index (χ1) is 11.2. The molecule has 0 aromatic heterocycles. The summed E-state index contributed by atoms with van der Waals surface area (Å²) in [7, 11) is 0. The van der Waals surface area contributed by atoms with Crippen molar-refractivity contribution < 1.29 is 22.8 Å². The van der Waals surface area contributed by atoms with E-state index in [9.17, 15) is 22.8 Å². The van der Waals surface area contributed by atoms with Gasteiger partial charge in [0, 0.05) is 38.8 Å². The van der Waals surface area contributed by atoms with Crippen LogP contribution < -0.4 is 10.2 Å². The number of rotatable bonds is 3. The summed E-state index contributed by atoms with van der Waals surface area (Å²) in [6.07, 6.45) is -4.37. The smallest absolute Gasteiger partial charge is 0.368 e. The molecule has 1 saturated heterocycles. The van der Waals surface area contributed by atoms with Crippen molar-refractivity contribution in [1.82, 2.24) is 10.2 Å². The van der Waals surface area contributed by atoms with E-state index in [2.05, 4.69) is 5.32 Å². The number of carbonyl (C=O) groups excluding carboxylic acids is 2. The lowest BCUT2D eigenvalue weighted by Crippen LogP contribution is -2.54. The second kappa shape index (κ2) is 7.11. The number of hydrogen-bond donors (Lipinski definition) is 1. The van der Waals surface area contributed by atoms with E-state index in [4.69, 9.17) is 0 Å². The largest absolute Gasteiger partial charge is 0.416 e. The number of hydrogen-bond acceptors (Lipinski definition) is 3. The number of carbonyl (C=O) groups is 2. The van der Waals surface area contributed by atoms with Crippen LogP contribution in [0.3, 0.4) is 0 Å². The second-order valence-corrected chi connectivity index (χ2v) is 5.78. The summed E-state index contributed by atoms with van der Waals surface area (Å²) in [4.78, 5) is 26.7. The van der Waals surface area contributed by atoms with Crippen LogP contribution in [0.4, 0.5) is 18.9 Å². The van der Waals surface area contributed by atoms with Gasteiger partial charge >= 0.3 is 6.18 Å². The lowest BCUT2D eigenvalue weighted by atomic mass is 10.1. The molecule has 2 amide bonds. The van der Waals surface area contributed by atoms with Crippen molar-refractivity contribution in [2.24, 2.45) is 0 Å². The van der Waals surface area contributed by atoms with E-state index in [-0.39, 0.29) is 11.8 Å². The average molecular weight is 343 g/mol. The van der Waals surface area contributed by atoms with Crippen molar-refractivity contribution in [3.8, 4) is 0 Å². The SMILES string of the molecule is CC(=O)N[C@H](C)C(=O)N1CCN(c2cccc(C(F)(F)F)c2)CC1. The Hall–Kier alpha value is -2.25. The van der Waals surface area contributed by atoms with E-state index in [1.165, 1.54) is 13.0 Å². The molecule has 0 aliphatic carbocycles. The van der Waals surface area contributed by atoms with Crippen LogP contribution in [0.15, 0.2) is 24.3 Å². The molecule has 8 heteroatoms. The minimum atomic E-state index is -4.37. The van der Waals surface area contributed by atoms with Crippen molar-refractivity contribution in [2.75, 3.05) is 31.1 Å². The molecule has 0 unspecified atom stereocenters. The Labute approximate surface area is 138 Å². The predicted molar refractivity (Wildman–Crippen MR) is 83.5 cm³/mol. The van der Waals surface area contributed by atoms with Gasteiger partial charge in [-0.2, -0.15) is 13.2 Å². The van der Waals surface area contributed by atoms with Crippen LogP contribution in [0.25, 0.3) is 0 Å². The van der Waals surface area contributed by atoms with Crippen LogP contribution in [0.1, 0.15) is 19.4 Å². The summed E-state index contributed by atoms with van der Waals surface area (Å²) >= 11 is 0. The van der Waals surface area contributed by atoms with Crippen molar-refractivity contribution >= 4 is 17.5 Å². The Kier molecular flexibility index (Phi) is 5.36. The summed E-state index contributed by atoms with van der Waals surface area (Å²) < 4.78 is 38.4. The number of anilines is 1. The molecule has 0 spiro atoms. The molecule has 1 aromatic carbocycles. The van der Waals surface area contributed by atoms with Gasteiger partial charge in [-0.1, -0.05) is 6.07 Å². The van der Waals surface area contributed by atoms with Gasteiger partial charge < -0.3 is 15.1 Å². The zero-order chi connectivity index (χ0) is 17.9. The summed E-state index contributed by atoms with van der Waals surface area (Å²) in [6, 6.07) is 4.57. The number of benzene rings is 1. The van der Waals surface area contributed by atoms with Gasteiger partial charge in [-0.15, -0.1) is 0 Å². The Morgan fingerprint density at radius 1 is 1.17 bits per heavy atom. The first-order valence-corrected chi connectivity index (χ1v) is 7.66. The third-order valence-corrected chi connectivity index (χ3v) is 3.92. The average Bonchev–Trinajstić information content (AvgIpc) is 2.53. The molecule has 2 rings (SSSR count). The lowest BCUT2D eigenvalue weighted by Gasteiger charge is -2.37. The first kappa shape index (κ1) is 18.1. The Morgan fingerprint density at radius 3 is 2.33 bits per heavy atom. The van der Waals surface area contributed by atoms with Gasteiger partial charge in [-0.3, -0.25) is 9.59 Å². The highest BCUT2D eigenvalue weighted by Crippen LogP contribution is 2.31. The molecule has 1 heterocycles. The zero-order valence-electron chi connectivity index (χ0n) is 13.6. The molecule has 132 valence electrons. The van der Waals surface area contributed by atoms with Crippen LogP contribution in [0, 0.1) is 0 Å².